The van der Waals surface area contributed by atoms with E-state index in [1.807, 2.05) is 0 Å². The molecule has 0 amide bonds. The van der Waals surface area contributed by atoms with Gasteiger partial charge in [-0.3, -0.25) is 0 Å². The van der Waals surface area contributed by atoms with Crippen molar-refractivity contribution in [3.63, 3.8) is 0 Å². The summed E-state index contributed by atoms with van der Waals surface area (Å²) in [6.45, 7) is 8.98. The Bertz CT molecular complexity index is 165. The van der Waals surface area contributed by atoms with Crippen molar-refractivity contribution >= 4 is 0 Å². The van der Waals surface area contributed by atoms with Crippen LogP contribution in [0.1, 0.15) is 53.4 Å². The van der Waals surface area contributed by atoms with E-state index in [0.29, 0.717) is 11.8 Å². The smallest absolute Gasteiger partial charge is 0.0601 e. The Morgan fingerprint density at radius 2 is 2.08 bits per heavy atom. The van der Waals surface area contributed by atoms with E-state index in [-0.39, 0.29) is 11.5 Å². The first-order chi connectivity index (χ1) is 6.03. The number of aliphatic hydroxyl groups excluding tert-OH is 1. The molecule has 0 aromatic carbocycles. The van der Waals surface area contributed by atoms with E-state index in [1.54, 1.807) is 0 Å². The normalized spacial score (nSPS) is 41.1. The van der Waals surface area contributed by atoms with Gasteiger partial charge < -0.3 is 5.11 Å². The van der Waals surface area contributed by atoms with Crippen LogP contribution < -0.4 is 0 Å². The molecule has 0 aromatic rings. The lowest BCUT2D eigenvalue weighted by Gasteiger charge is -2.46. The summed E-state index contributed by atoms with van der Waals surface area (Å²) >= 11 is 0. The molecule has 0 heterocycles. The molecule has 3 atom stereocenters. The Hall–Kier alpha value is -0.0400. The van der Waals surface area contributed by atoms with Gasteiger partial charge in [0.25, 0.3) is 0 Å². The quantitative estimate of drug-likeness (QED) is 0.698. The van der Waals surface area contributed by atoms with Crippen LogP contribution in [-0.4, -0.2) is 11.2 Å². The van der Waals surface area contributed by atoms with Gasteiger partial charge in [0, 0.05) is 0 Å². The van der Waals surface area contributed by atoms with Crippen molar-refractivity contribution in [2.75, 3.05) is 0 Å². The highest BCUT2D eigenvalue weighted by molar-refractivity contribution is 4.92. The van der Waals surface area contributed by atoms with Crippen LogP contribution in [0, 0.1) is 17.3 Å². The molecule has 1 fully saturated rings. The Balaban J connectivity index is 2.75. The van der Waals surface area contributed by atoms with E-state index in [9.17, 15) is 5.11 Å². The molecule has 0 spiro atoms. The number of rotatable bonds is 2. The minimum Gasteiger partial charge on any atom is -0.393 e. The van der Waals surface area contributed by atoms with Gasteiger partial charge in [0.2, 0.25) is 0 Å². The van der Waals surface area contributed by atoms with Gasteiger partial charge in [0.05, 0.1) is 6.10 Å². The maximum absolute atomic E-state index is 10.2. The van der Waals surface area contributed by atoms with Crippen LogP contribution in [0.25, 0.3) is 0 Å². The van der Waals surface area contributed by atoms with Crippen LogP contribution in [0.5, 0.6) is 0 Å². The van der Waals surface area contributed by atoms with Gasteiger partial charge in [0.15, 0.2) is 0 Å². The third kappa shape index (κ3) is 1.90. The molecule has 3 unspecified atom stereocenters. The fourth-order valence-corrected chi connectivity index (χ4v) is 2.91. The molecule has 1 aliphatic rings. The molecule has 0 aliphatic heterocycles. The highest BCUT2D eigenvalue weighted by Gasteiger charge is 2.42. The third-order valence-electron chi connectivity index (χ3n) is 4.20. The summed E-state index contributed by atoms with van der Waals surface area (Å²) in [7, 11) is 0. The monoisotopic (exact) mass is 184 g/mol. The Kier molecular flexibility index (Phi) is 3.39. The molecule has 1 saturated carbocycles. The molecular formula is C12H24O. The van der Waals surface area contributed by atoms with Crippen molar-refractivity contribution in [3.8, 4) is 0 Å². The molecule has 1 N–H and O–H groups in total. The first-order valence-electron chi connectivity index (χ1n) is 5.71. The van der Waals surface area contributed by atoms with E-state index >= 15 is 0 Å². The first-order valence-corrected chi connectivity index (χ1v) is 5.71. The van der Waals surface area contributed by atoms with E-state index in [2.05, 4.69) is 27.7 Å². The van der Waals surface area contributed by atoms with Crippen molar-refractivity contribution < 1.29 is 5.11 Å². The zero-order valence-corrected chi connectivity index (χ0v) is 9.51. The summed E-state index contributed by atoms with van der Waals surface area (Å²) < 4.78 is 0. The molecule has 1 aliphatic carbocycles. The SMILES string of the molecule is CCC1(C(C)C)CCC(C)CC1O. The summed E-state index contributed by atoms with van der Waals surface area (Å²) in [5, 5.41) is 10.2. The number of hydrogen-bond donors (Lipinski definition) is 1. The fourth-order valence-electron chi connectivity index (χ4n) is 2.91. The Labute approximate surface area is 82.5 Å². The predicted molar refractivity (Wildman–Crippen MR) is 56.6 cm³/mol. The van der Waals surface area contributed by atoms with Gasteiger partial charge in [-0.05, 0) is 42.9 Å². The Morgan fingerprint density at radius 3 is 2.46 bits per heavy atom. The van der Waals surface area contributed by atoms with Crippen molar-refractivity contribution in [2.24, 2.45) is 17.3 Å². The standard InChI is InChI=1S/C12H24O/c1-5-12(9(2)3)7-6-10(4)8-11(12)13/h9-11,13H,5-8H2,1-4H3. The summed E-state index contributed by atoms with van der Waals surface area (Å²) in [6, 6.07) is 0. The molecule has 1 heteroatoms. The summed E-state index contributed by atoms with van der Waals surface area (Å²) in [5.74, 6) is 1.33. The van der Waals surface area contributed by atoms with Gasteiger partial charge in [-0.2, -0.15) is 0 Å². The first kappa shape index (κ1) is 11.0. The summed E-state index contributed by atoms with van der Waals surface area (Å²) in [5.41, 5.74) is 0.215. The zero-order chi connectivity index (χ0) is 10.1. The number of aliphatic hydroxyl groups is 1. The van der Waals surface area contributed by atoms with Crippen LogP contribution in [0.15, 0.2) is 0 Å². The molecular weight excluding hydrogens is 160 g/mol. The van der Waals surface area contributed by atoms with E-state index in [1.165, 1.54) is 12.8 Å². The second-order valence-corrected chi connectivity index (χ2v) is 5.14. The second-order valence-electron chi connectivity index (χ2n) is 5.14. The van der Waals surface area contributed by atoms with Crippen molar-refractivity contribution in [1.82, 2.24) is 0 Å². The minimum absolute atomic E-state index is 0.0683. The van der Waals surface area contributed by atoms with E-state index < -0.39 is 0 Å². The van der Waals surface area contributed by atoms with Crippen LogP contribution in [0.3, 0.4) is 0 Å². The van der Waals surface area contributed by atoms with Crippen LogP contribution >= 0.6 is 0 Å². The second kappa shape index (κ2) is 4.00. The lowest BCUT2D eigenvalue weighted by atomic mass is 9.61. The number of hydrogen-bond acceptors (Lipinski definition) is 1. The van der Waals surface area contributed by atoms with Crippen LogP contribution in [0.4, 0.5) is 0 Å². The zero-order valence-electron chi connectivity index (χ0n) is 9.51. The van der Waals surface area contributed by atoms with Gasteiger partial charge in [-0.25, -0.2) is 0 Å². The minimum atomic E-state index is -0.0683. The molecule has 1 rings (SSSR count). The molecule has 0 radical (unpaired) electrons. The van der Waals surface area contributed by atoms with Crippen molar-refractivity contribution in [2.45, 2.75) is 59.5 Å². The topological polar surface area (TPSA) is 20.2 Å². The lowest BCUT2D eigenvalue weighted by Crippen LogP contribution is -2.43. The van der Waals surface area contributed by atoms with Crippen molar-refractivity contribution in [3.05, 3.63) is 0 Å². The fraction of sp³-hybridized carbons (Fsp3) is 1.00. The van der Waals surface area contributed by atoms with Crippen LogP contribution in [-0.2, 0) is 0 Å². The van der Waals surface area contributed by atoms with E-state index in [0.717, 1.165) is 12.8 Å². The van der Waals surface area contributed by atoms with Gasteiger partial charge in [-0.15, -0.1) is 0 Å². The molecule has 1 nitrogen and oxygen atoms in total. The molecule has 78 valence electrons. The van der Waals surface area contributed by atoms with Gasteiger partial charge in [0.1, 0.15) is 0 Å². The highest BCUT2D eigenvalue weighted by atomic mass is 16.3. The lowest BCUT2D eigenvalue weighted by molar-refractivity contribution is -0.0606. The average Bonchev–Trinajstić information content (AvgIpc) is 2.04. The van der Waals surface area contributed by atoms with Gasteiger partial charge in [-0.1, -0.05) is 27.7 Å². The molecule has 13 heavy (non-hydrogen) atoms. The highest BCUT2D eigenvalue weighted by Crippen LogP contribution is 2.46. The summed E-state index contributed by atoms with van der Waals surface area (Å²) in [4.78, 5) is 0. The third-order valence-corrected chi connectivity index (χ3v) is 4.20. The predicted octanol–water partition coefficient (Wildman–Crippen LogP) is 3.22. The molecule has 0 saturated heterocycles. The molecule has 0 bridgehead atoms. The van der Waals surface area contributed by atoms with Gasteiger partial charge >= 0.3 is 0 Å². The average molecular weight is 184 g/mol. The van der Waals surface area contributed by atoms with Crippen molar-refractivity contribution in [1.29, 1.82) is 0 Å². The molecule has 0 aromatic heterocycles. The maximum Gasteiger partial charge on any atom is 0.0601 e. The largest absolute Gasteiger partial charge is 0.393 e. The van der Waals surface area contributed by atoms with Crippen LogP contribution in [0.2, 0.25) is 0 Å². The maximum atomic E-state index is 10.2. The van der Waals surface area contributed by atoms with E-state index in [4.69, 9.17) is 0 Å². The Morgan fingerprint density at radius 1 is 1.46 bits per heavy atom. The summed E-state index contributed by atoms with van der Waals surface area (Å²) in [6.07, 6.45) is 4.57.